The summed E-state index contributed by atoms with van der Waals surface area (Å²) in [5.74, 6) is 0.916. The molecule has 0 spiro atoms. The fraction of sp³-hybridized carbons (Fsp3) is 0.455. The molecule has 1 aliphatic rings. The Kier molecular flexibility index (Phi) is 7.35. The Morgan fingerprint density at radius 1 is 1.17 bits per heavy atom. The third kappa shape index (κ3) is 4.94. The summed E-state index contributed by atoms with van der Waals surface area (Å²) in [5, 5.41) is 23.0. The number of nitrogens with one attached hydrogen (secondary N) is 3. The Morgan fingerprint density at radius 3 is 2.57 bits per heavy atom. The van der Waals surface area contributed by atoms with E-state index in [2.05, 4.69) is 50.2 Å². The Balaban J connectivity index is 1.65. The number of carboxylic acids is 1. The zero-order chi connectivity index (χ0) is 21.5. The molecule has 1 aromatic heterocycles. The SMILES string of the molecule is CNc1nn(CCN2CCC[C@H]2c2ccc(C/C=C/C(=O)O)cc2)c(NC)c1NC. The van der Waals surface area contributed by atoms with Crippen molar-refractivity contribution in [1.82, 2.24) is 14.7 Å². The average Bonchev–Trinajstić information content (AvgIpc) is 3.35. The Morgan fingerprint density at radius 2 is 1.93 bits per heavy atom. The second-order valence-electron chi connectivity index (χ2n) is 7.43. The number of hydrogen-bond donors (Lipinski definition) is 4. The first-order chi connectivity index (χ1) is 14.6. The molecule has 0 amide bonds. The molecule has 4 N–H and O–H groups in total. The van der Waals surface area contributed by atoms with Crippen LogP contribution in [0.15, 0.2) is 36.4 Å². The predicted molar refractivity (Wildman–Crippen MR) is 121 cm³/mol. The number of carbonyl (C=O) groups is 1. The molecule has 0 bridgehead atoms. The summed E-state index contributed by atoms with van der Waals surface area (Å²) in [7, 11) is 5.70. The van der Waals surface area contributed by atoms with E-state index < -0.39 is 5.97 Å². The topological polar surface area (TPSA) is 94.5 Å². The molecule has 2 heterocycles. The first-order valence-electron chi connectivity index (χ1n) is 10.4. The highest BCUT2D eigenvalue weighted by atomic mass is 16.4. The lowest BCUT2D eigenvalue weighted by Gasteiger charge is -2.25. The Bertz CT molecular complexity index is 874. The van der Waals surface area contributed by atoms with Crippen LogP contribution in [0, 0.1) is 0 Å². The largest absolute Gasteiger partial charge is 0.478 e. The molecule has 0 radical (unpaired) electrons. The lowest BCUT2D eigenvalue weighted by Crippen LogP contribution is -2.28. The van der Waals surface area contributed by atoms with E-state index in [-0.39, 0.29) is 0 Å². The van der Waals surface area contributed by atoms with Gasteiger partial charge >= 0.3 is 5.97 Å². The fourth-order valence-corrected chi connectivity index (χ4v) is 4.16. The van der Waals surface area contributed by atoms with Gasteiger partial charge in [-0.25, -0.2) is 9.48 Å². The van der Waals surface area contributed by atoms with Gasteiger partial charge in [-0.1, -0.05) is 30.3 Å². The molecule has 0 saturated carbocycles. The molecule has 0 unspecified atom stereocenters. The predicted octanol–water partition coefficient (Wildman–Crippen LogP) is 3.03. The molecule has 3 rings (SSSR count). The molecular formula is C22H32N6O2. The molecule has 1 aliphatic heterocycles. The van der Waals surface area contributed by atoms with E-state index in [1.807, 2.05) is 25.8 Å². The quantitative estimate of drug-likeness (QED) is 0.446. The van der Waals surface area contributed by atoms with Gasteiger partial charge in [-0.15, -0.1) is 0 Å². The highest BCUT2D eigenvalue weighted by Gasteiger charge is 2.26. The summed E-state index contributed by atoms with van der Waals surface area (Å²) >= 11 is 0. The van der Waals surface area contributed by atoms with Gasteiger partial charge in [0.1, 0.15) is 11.5 Å². The summed E-state index contributed by atoms with van der Waals surface area (Å²) in [6, 6.07) is 8.97. The van der Waals surface area contributed by atoms with Gasteiger partial charge in [0.25, 0.3) is 0 Å². The van der Waals surface area contributed by atoms with Crippen molar-refractivity contribution in [1.29, 1.82) is 0 Å². The molecule has 1 saturated heterocycles. The van der Waals surface area contributed by atoms with Crippen LogP contribution in [0.3, 0.4) is 0 Å². The molecule has 2 aromatic rings. The fourth-order valence-electron chi connectivity index (χ4n) is 4.16. The maximum absolute atomic E-state index is 10.6. The van der Waals surface area contributed by atoms with Gasteiger partial charge in [0.15, 0.2) is 5.82 Å². The van der Waals surface area contributed by atoms with Crippen molar-refractivity contribution >= 4 is 23.3 Å². The van der Waals surface area contributed by atoms with Crippen LogP contribution in [0.4, 0.5) is 17.3 Å². The number of aromatic nitrogens is 2. The van der Waals surface area contributed by atoms with E-state index in [1.165, 1.54) is 18.1 Å². The van der Waals surface area contributed by atoms with Crippen LogP contribution in [0.5, 0.6) is 0 Å². The number of allylic oxidation sites excluding steroid dienone is 1. The maximum atomic E-state index is 10.6. The second kappa shape index (κ2) is 10.2. The van der Waals surface area contributed by atoms with E-state index in [0.717, 1.165) is 48.9 Å². The highest BCUT2D eigenvalue weighted by molar-refractivity contribution is 5.79. The second-order valence-corrected chi connectivity index (χ2v) is 7.43. The summed E-state index contributed by atoms with van der Waals surface area (Å²) < 4.78 is 2.02. The van der Waals surface area contributed by atoms with E-state index in [1.54, 1.807) is 6.08 Å². The van der Waals surface area contributed by atoms with Gasteiger partial charge in [-0.2, -0.15) is 5.10 Å². The molecule has 1 fully saturated rings. The van der Waals surface area contributed by atoms with E-state index in [4.69, 9.17) is 5.11 Å². The van der Waals surface area contributed by atoms with Gasteiger partial charge < -0.3 is 21.1 Å². The van der Waals surface area contributed by atoms with Crippen LogP contribution in [0.25, 0.3) is 0 Å². The normalized spacial score (nSPS) is 16.8. The third-order valence-electron chi connectivity index (χ3n) is 5.62. The number of aliphatic carboxylic acids is 1. The molecule has 30 heavy (non-hydrogen) atoms. The molecule has 1 aromatic carbocycles. The number of anilines is 3. The van der Waals surface area contributed by atoms with Crippen LogP contribution in [-0.2, 0) is 17.8 Å². The van der Waals surface area contributed by atoms with Crippen molar-refractivity contribution in [3.63, 3.8) is 0 Å². The van der Waals surface area contributed by atoms with Crippen molar-refractivity contribution in [2.45, 2.75) is 31.8 Å². The van der Waals surface area contributed by atoms with Gasteiger partial charge in [0, 0.05) is 39.8 Å². The minimum atomic E-state index is -0.907. The van der Waals surface area contributed by atoms with Crippen molar-refractivity contribution in [2.75, 3.05) is 50.2 Å². The standard InChI is InChI=1S/C22H32N6O2/c1-23-20-21(24-2)26-28(22(20)25-3)15-14-27-13-5-7-18(27)17-11-9-16(10-12-17)6-4-8-19(29)30/h4,8-12,18,23,25H,5-7,13-15H2,1-3H3,(H,24,26)(H,29,30)/b8-4+/t18-/m0/s1. The highest BCUT2D eigenvalue weighted by Crippen LogP contribution is 2.33. The van der Waals surface area contributed by atoms with Crippen LogP contribution in [0.2, 0.25) is 0 Å². The van der Waals surface area contributed by atoms with Crippen molar-refractivity contribution in [2.24, 2.45) is 0 Å². The number of likely N-dealkylation sites (tertiary alicyclic amines) is 1. The number of benzene rings is 1. The molecule has 0 aliphatic carbocycles. The monoisotopic (exact) mass is 412 g/mol. The molecule has 8 heteroatoms. The van der Waals surface area contributed by atoms with Gasteiger partial charge in [0.2, 0.25) is 0 Å². The van der Waals surface area contributed by atoms with Crippen molar-refractivity contribution < 1.29 is 9.90 Å². The molecular weight excluding hydrogens is 380 g/mol. The van der Waals surface area contributed by atoms with Crippen LogP contribution in [0.1, 0.15) is 30.0 Å². The number of nitrogens with zero attached hydrogens (tertiary/aromatic N) is 3. The molecule has 8 nitrogen and oxygen atoms in total. The van der Waals surface area contributed by atoms with Crippen molar-refractivity contribution in [3.05, 3.63) is 47.5 Å². The number of carboxylic acid groups (broad SMARTS) is 1. The number of hydrogen-bond acceptors (Lipinski definition) is 6. The van der Waals surface area contributed by atoms with Crippen molar-refractivity contribution in [3.8, 4) is 0 Å². The van der Waals surface area contributed by atoms with Crippen LogP contribution < -0.4 is 16.0 Å². The van der Waals surface area contributed by atoms with E-state index >= 15 is 0 Å². The lowest BCUT2D eigenvalue weighted by atomic mass is 10.0. The Hall–Kier alpha value is -3.00. The van der Waals surface area contributed by atoms with Crippen LogP contribution >= 0.6 is 0 Å². The van der Waals surface area contributed by atoms with E-state index in [9.17, 15) is 4.79 Å². The van der Waals surface area contributed by atoms with Gasteiger partial charge in [0.05, 0.1) is 6.54 Å². The maximum Gasteiger partial charge on any atom is 0.327 e. The first kappa shape index (κ1) is 21.7. The third-order valence-corrected chi connectivity index (χ3v) is 5.62. The summed E-state index contributed by atoms with van der Waals surface area (Å²) in [4.78, 5) is 13.1. The zero-order valence-corrected chi connectivity index (χ0v) is 18.0. The molecule has 1 atom stereocenters. The summed E-state index contributed by atoms with van der Waals surface area (Å²) in [6.45, 7) is 2.82. The average molecular weight is 413 g/mol. The van der Waals surface area contributed by atoms with Crippen LogP contribution in [-0.4, -0.2) is 60.0 Å². The smallest absolute Gasteiger partial charge is 0.327 e. The van der Waals surface area contributed by atoms with E-state index in [0.29, 0.717) is 12.5 Å². The first-order valence-corrected chi connectivity index (χ1v) is 10.4. The summed E-state index contributed by atoms with van der Waals surface area (Å²) in [5.41, 5.74) is 3.42. The summed E-state index contributed by atoms with van der Waals surface area (Å²) in [6.07, 6.45) is 5.85. The Labute approximate surface area is 178 Å². The minimum absolute atomic E-state index is 0.412. The number of rotatable bonds is 10. The lowest BCUT2D eigenvalue weighted by molar-refractivity contribution is -0.131. The van der Waals surface area contributed by atoms with Gasteiger partial charge in [-0.05, 0) is 36.9 Å². The molecule has 162 valence electrons. The minimum Gasteiger partial charge on any atom is -0.478 e. The zero-order valence-electron chi connectivity index (χ0n) is 18.0. The van der Waals surface area contributed by atoms with Gasteiger partial charge in [-0.3, -0.25) is 4.90 Å².